The zero-order valence-corrected chi connectivity index (χ0v) is 16.0. The quantitative estimate of drug-likeness (QED) is 0.527. The van der Waals surface area contributed by atoms with E-state index in [4.69, 9.17) is 9.47 Å². The lowest BCUT2D eigenvalue weighted by Crippen LogP contribution is -2.40. The number of carbonyl (C=O) groups is 3. The first kappa shape index (κ1) is 20.7. The van der Waals surface area contributed by atoms with E-state index in [1.807, 2.05) is 0 Å². The lowest BCUT2D eigenvalue weighted by atomic mass is 10.2. The predicted molar refractivity (Wildman–Crippen MR) is 101 cm³/mol. The van der Waals surface area contributed by atoms with Crippen molar-refractivity contribution in [3.63, 3.8) is 0 Å². The Morgan fingerprint density at radius 2 is 1.81 bits per heavy atom. The highest BCUT2D eigenvalue weighted by Crippen LogP contribution is 2.13. The van der Waals surface area contributed by atoms with E-state index in [1.165, 1.54) is 0 Å². The highest BCUT2D eigenvalue weighted by Gasteiger charge is 2.25. The minimum absolute atomic E-state index is 0.189. The zero-order valence-electron chi connectivity index (χ0n) is 16.0. The third-order valence-corrected chi connectivity index (χ3v) is 4.35. The number of hydrogen-bond acceptors (Lipinski definition) is 5. The molecule has 1 saturated heterocycles. The van der Waals surface area contributed by atoms with E-state index in [2.05, 4.69) is 12.2 Å². The summed E-state index contributed by atoms with van der Waals surface area (Å²) < 4.78 is 10.7. The van der Waals surface area contributed by atoms with Crippen molar-refractivity contribution >= 4 is 17.8 Å². The summed E-state index contributed by atoms with van der Waals surface area (Å²) in [4.78, 5) is 37.8. The van der Waals surface area contributed by atoms with Gasteiger partial charge in [0.15, 0.2) is 6.10 Å². The van der Waals surface area contributed by atoms with Crippen molar-refractivity contribution in [2.45, 2.75) is 45.6 Å². The Bertz CT molecular complexity index is 638. The smallest absolute Gasteiger partial charge is 0.326 e. The normalized spacial score (nSPS) is 14.5. The van der Waals surface area contributed by atoms with E-state index in [0.717, 1.165) is 25.7 Å². The van der Waals surface area contributed by atoms with Crippen LogP contribution >= 0.6 is 0 Å². The van der Waals surface area contributed by atoms with E-state index < -0.39 is 12.1 Å². The summed E-state index contributed by atoms with van der Waals surface area (Å²) in [5, 5.41) is 2.51. The molecule has 1 heterocycles. The molecule has 0 unspecified atom stereocenters. The van der Waals surface area contributed by atoms with E-state index in [-0.39, 0.29) is 18.4 Å². The average molecular weight is 376 g/mol. The summed E-state index contributed by atoms with van der Waals surface area (Å²) in [6.07, 6.45) is 3.14. The molecule has 0 spiro atoms. The number of nitrogens with zero attached hydrogens (tertiary/aromatic N) is 1. The van der Waals surface area contributed by atoms with Gasteiger partial charge in [-0.2, -0.15) is 0 Å². The molecule has 27 heavy (non-hydrogen) atoms. The van der Waals surface area contributed by atoms with Crippen LogP contribution in [-0.2, 0) is 14.3 Å². The van der Waals surface area contributed by atoms with Crippen molar-refractivity contribution in [1.82, 2.24) is 10.2 Å². The Morgan fingerprint density at radius 3 is 2.44 bits per heavy atom. The maximum absolute atomic E-state index is 12.1. The molecule has 1 aromatic carbocycles. The van der Waals surface area contributed by atoms with Gasteiger partial charge < -0.3 is 19.7 Å². The van der Waals surface area contributed by atoms with Gasteiger partial charge in [0, 0.05) is 18.7 Å². The first-order valence-electron chi connectivity index (χ1n) is 9.50. The maximum atomic E-state index is 12.1. The van der Waals surface area contributed by atoms with Crippen LogP contribution in [0.3, 0.4) is 0 Å². The van der Waals surface area contributed by atoms with Crippen LogP contribution < -0.4 is 10.1 Å². The standard InChI is InChI=1S/C20H28N2O5/c1-3-4-13-26-17-9-7-16(8-10-17)19(24)21-14-18(23)27-15(2)20(25)22-11-5-6-12-22/h7-10,15H,3-6,11-14H2,1-2H3,(H,21,24)/t15-/m1/s1. The summed E-state index contributed by atoms with van der Waals surface area (Å²) in [6.45, 7) is 5.40. The number of nitrogens with one attached hydrogen (secondary N) is 1. The van der Waals surface area contributed by atoms with Crippen molar-refractivity contribution in [3.05, 3.63) is 29.8 Å². The van der Waals surface area contributed by atoms with Crippen LogP contribution in [0.1, 0.15) is 49.9 Å². The minimum Gasteiger partial charge on any atom is -0.494 e. The first-order chi connectivity index (χ1) is 13.0. The maximum Gasteiger partial charge on any atom is 0.326 e. The number of benzene rings is 1. The van der Waals surface area contributed by atoms with Crippen LogP contribution in [0.2, 0.25) is 0 Å². The predicted octanol–water partition coefficient (Wildman–Crippen LogP) is 2.15. The monoisotopic (exact) mass is 376 g/mol. The number of unbranched alkanes of at least 4 members (excludes halogenated alkanes) is 1. The van der Waals surface area contributed by atoms with Crippen LogP contribution in [-0.4, -0.2) is 55.0 Å². The highest BCUT2D eigenvalue weighted by atomic mass is 16.5. The molecule has 0 aliphatic carbocycles. The number of hydrogen-bond donors (Lipinski definition) is 1. The number of ether oxygens (including phenoxy) is 2. The summed E-state index contributed by atoms with van der Waals surface area (Å²) in [6, 6.07) is 6.72. The Labute approximate surface area is 160 Å². The van der Waals surface area contributed by atoms with Crippen molar-refractivity contribution < 1.29 is 23.9 Å². The third kappa shape index (κ3) is 6.58. The minimum atomic E-state index is -0.841. The molecule has 1 aliphatic heterocycles. The van der Waals surface area contributed by atoms with Crippen LogP contribution in [0.15, 0.2) is 24.3 Å². The molecule has 7 heteroatoms. The van der Waals surface area contributed by atoms with Crippen molar-refractivity contribution in [2.24, 2.45) is 0 Å². The Morgan fingerprint density at radius 1 is 1.15 bits per heavy atom. The number of carbonyl (C=O) groups excluding carboxylic acids is 3. The third-order valence-electron chi connectivity index (χ3n) is 4.35. The fourth-order valence-corrected chi connectivity index (χ4v) is 2.78. The summed E-state index contributed by atoms with van der Waals surface area (Å²) in [7, 11) is 0. The summed E-state index contributed by atoms with van der Waals surface area (Å²) >= 11 is 0. The second-order valence-electron chi connectivity index (χ2n) is 6.57. The van der Waals surface area contributed by atoms with Gasteiger partial charge in [0.25, 0.3) is 11.8 Å². The summed E-state index contributed by atoms with van der Waals surface area (Å²) in [5.74, 6) is -0.506. The van der Waals surface area contributed by atoms with E-state index in [0.29, 0.717) is 31.0 Å². The molecular formula is C20H28N2O5. The number of esters is 1. The molecule has 7 nitrogen and oxygen atoms in total. The molecule has 0 aromatic heterocycles. The van der Waals surface area contributed by atoms with E-state index >= 15 is 0 Å². The van der Waals surface area contributed by atoms with Crippen LogP contribution in [0, 0.1) is 0 Å². The van der Waals surface area contributed by atoms with Gasteiger partial charge in [-0.1, -0.05) is 13.3 Å². The highest BCUT2D eigenvalue weighted by molar-refractivity contribution is 5.96. The van der Waals surface area contributed by atoms with E-state index in [1.54, 1.807) is 36.1 Å². The molecule has 0 saturated carbocycles. The second kappa shape index (κ2) is 10.5. The molecule has 1 atom stereocenters. The van der Waals surface area contributed by atoms with Gasteiger partial charge in [0.1, 0.15) is 12.3 Å². The molecule has 2 rings (SSSR count). The Kier molecular flexibility index (Phi) is 8.10. The van der Waals surface area contributed by atoms with Gasteiger partial charge in [-0.3, -0.25) is 14.4 Å². The first-order valence-corrected chi connectivity index (χ1v) is 9.50. The molecule has 1 N–H and O–H groups in total. The van der Waals surface area contributed by atoms with Gasteiger partial charge in [-0.25, -0.2) is 0 Å². The Balaban J connectivity index is 1.73. The van der Waals surface area contributed by atoms with Crippen molar-refractivity contribution in [2.75, 3.05) is 26.2 Å². The lowest BCUT2D eigenvalue weighted by Gasteiger charge is -2.20. The van der Waals surface area contributed by atoms with Crippen molar-refractivity contribution in [3.8, 4) is 5.75 Å². The van der Waals surface area contributed by atoms with Crippen molar-refractivity contribution in [1.29, 1.82) is 0 Å². The molecule has 0 bridgehead atoms. The van der Waals surface area contributed by atoms with Gasteiger partial charge in [0.2, 0.25) is 0 Å². The van der Waals surface area contributed by atoms with Gasteiger partial charge >= 0.3 is 5.97 Å². The molecule has 0 radical (unpaired) electrons. The molecule has 1 aromatic rings. The van der Waals surface area contributed by atoms with Gasteiger partial charge in [-0.15, -0.1) is 0 Å². The zero-order chi connectivity index (χ0) is 19.6. The Hall–Kier alpha value is -2.57. The van der Waals surface area contributed by atoms with Crippen LogP contribution in [0.4, 0.5) is 0 Å². The molecule has 148 valence electrons. The van der Waals surface area contributed by atoms with Crippen LogP contribution in [0.25, 0.3) is 0 Å². The van der Waals surface area contributed by atoms with Gasteiger partial charge in [-0.05, 0) is 50.5 Å². The van der Waals surface area contributed by atoms with Gasteiger partial charge in [0.05, 0.1) is 6.61 Å². The lowest BCUT2D eigenvalue weighted by molar-refractivity contribution is -0.157. The molecular weight excluding hydrogens is 348 g/mol. The molecule has 1 fully saturated rings. The fourth-order valence-electron chi connectivity index (χ4n) is 2.78. The fraction of sp³-hybridized carbons (Fsp3) is 0.550. The largest absolute Gasteiger partial charge is 0.494 e. The summed E-state index contributed by atoms with van der Waals surface area (Å²) in [5.41, 5.74) is 0.423. The second-order valence-corrected chi connectivity index (χ2v) is 6.57. The number of rotatable bonds is 9. The SMILES string of the molecule is CCCCOc1ccc(C(=O)NCC(=O)O[C@H](C)C(=O)N2CCCC2)cc1. The number of likely N-dealkylation sites (tertiary alicyclic amines) is 1. The molecule has 1 aliphatic rings. The topological polar surface area (TPSA) is 84.9 Å². The number of amides is 2. The average Bonchev–Trinajstić information content (AvgIpc) is 3.21. The van der Waals surface area contributed by atoms with Crippen LogP contribution in [0.5, 0.6) is 5.75 Å². The van der Waals surface area contributed by atoms with E-state index in [9.17, 15) is 14.4 Å². The molecule has 2 amide bonds.